The van der Waals surface area contributed by atoms with Crippen LogP contribution in [0.3, 0.4) is 0 Å². The number of aromatic amines is 1. The van der Waals surface area contributed by atoms with Gasteiger partial charge in [-0.05, 0) is 12.1 Å². The van der Waals surface area contributed by atoms with Gasteiger partial charge in [0, 0.05) is 6.42 Å². The van der Waals surface area contributed by atoms with E-state index in [-0.39, 0.29) is 12.3 Å². The fourth-order valence-corrected chi connectivity index (χ4v) is 1.64. The lowest BCUT2D eigenvalue weighted by molar-refractivity contribution is -0.134. The van der Waals surface area contributed by atoms with Crippen molar-refractivity contribution in [3.8, 4) is 5.88 Å². The molecule has 0 aliphatic heterocycles. The highest BCUT2D eigenvalue weighted by atomic mass is 35.5. The van der Waals surface area contributed by atoms with Crippen molar-refractivity contribution in [2.45, 2.75) is 13.3 Å². The van der Waals surface area contributed by atoms with Gasteiger partial charge in [-0.1, -0.05) is 30.1 Å². The maximum Gasteiger partial charge on any atom is 0.312 e. The molecule has 0 fully saturated rings. The molecule has 0 unspecified atom stereocenters. The number of hydrogen-bond acceptors (Lipinski definition) is 4. The standard InChI is InChI=1S/C11H8Cl2N2O3/c1-2-9(16)18-11-10(17)14-7-3-5(12)6(13)4-8(7)15-11/h3-4H,2H2,1H3,(H,14,17). The number of halogens is 2. The number of carbonyl (C=O) groups excluding carboxylic acids is 1. The number of rotatable bonds is 2. The molecule has 2 rings (SSSR count). The van der Waals surface area contributed by atoms with Gasteiger partial charge in [0.15, 0.2) is 0 Å². The van der Waals surface area contributed by atoms with Gasteiger partial charge in [0.25, 0.3) is 5.88 Å². The summed E-state index contributed by atoms with van der Waals surface area (Å²) >= 11 is 11.7. The first-order chi connectivity index (χ1) is 8.51. The van der Waals surface area contributed by atoms with Crippen LogP contribution in [-0.4, -0.2) is 15.9 Å². The van der Waals surface area contributed by atoms with Gasteiger partial charge in [-0.3, -0.25) is 9.59 Å². The highest BCUT2D eigenvalue weighted by Gasteiger charge is 2.11. The molecule has 0 amide bonds. The van der Waals surface area contributed by atoms with Crippen LogP contribution in [0.25, 0.3) is 11.0 Å². The highest BCUT2D eigenvalue weighted by molar-refractivity contribution is 6.42. The summed E-state index contributed by atoms with van der Waals surface area (Å²) in [6.45, 7) is 1.62. The Balaban J connectivity index is 2.57. The van der Waals surface area contributed by atoms with Crippen molar-refractivity contribution in [1.29, 1.82) is 0 Å². The van der Waals surface area contributed by atoms with Crippen molar-refractivity contribution in [3.05, 3.63) is 32.5 Å². The van der Waals surface area contributed by atoms with Crippen LogP contribution >= 0.6 is 23.2 Å². The number of H-pyrrole nitrogens is 1. The monoisotopic (exact) mass is 286 g/mol. The van der Waals surface area contributed by atoms with Gasteiger partial charge in [0.1, 0.15) is 0 Å². The molecule has 94 valence electrons. The normalized spacial score (nSPS) is 10.6. The summed E-state index contributed by atoms with van der Waals surface area (Å²) < 4.78 is 4.80. The van der Waals surface area contributed by atoms with E-state index in [1.807, 2.05) is 0 Å². The number of nitrogens with one attached hydrogen (secondary N) is 1. The van der Waals surface area contributed by atoms with Gasteiger partial charge in [0.2, 0.25) is 0 Å². The van der Waals surface area contributed by atoms with E-state index in [1.54, 1.807) is 6.92 Å². The average molecular weight is 287 g/mol. The molecular weight excluding hydrogens is 279 g/mol. The van der Waals surface area contributed by atoms with Gasteiger partial charge in [0.05, 0.1) is 21.1 Å². The number of hydrogen-bond donors (Lipinski definition) is 1. The zero-order valence-corrected chi connectivity index (χ0v) is 10.8. The van der Waals surface area contributed by atoms with Crippen LogP contribution in [0, 0.1) is 0 Å². The second kappa shape index (κ2) is 4.96. The van der Waals surface area contributed by atoms with Crippen molar-refractivity contribution in [3.63, 3.8) is 0 Å². The summed E-state index contributed by atoms with van der Waals surface area (Å²) in [7, 11) is 0. The molecule has 1 heterocycles. The van der Waals surface area contributed by atoms with Crippen molar-refractivity contribution in [1.82, 2.24) is 9.97 Å². The molecule has 2 aromatic rings. The fourth-order valence-electron chi connectivity index (χ4n) is 1.31. The Morgan fingerprint density at radius 3 is 2.72 bits per heavy atom. The predicted molar refractivity (Wildman–Crippen MR) is 68.3 cm³/mol. The maximum atomic E-state index is 11.6. The Kier molecular flexibility index (Phi) is 3.54. The third kappa shape index (κ3) is 2.47. The summed E-state index contributed by atoms with van der Waals surface area (Å²) in [6, 6.07) is 2.97. The van der Waals surface area contributed by atoms with E-state index in [0.29, 0.717) is 21.1 Å². The number of nitrogens with zero attached hydrogens (tertiary/aromatic N) is 1. The number of carbonyl (C=O) groups is 1. The molecule has 18 heavy (non-hydrogen) atoms. The van der Waals surface area contributed by atoms with Gasteiger partial charge >= 0.3 is 11.5 Å². The summed E-state index contributed by atoms with van der Waals surface area (Å²) in [5.74, 6) is -0.833. The van der Waals surface area contributed by atoms with E-state index < -0.39 is 11.5 Å². The Bertz CT molecular complexity index is 682. The molecule has 0 aliphatic carbocycles. The van der Waals surface area contributed by atoms with E-state index in [1.165, 1.54) is 12.1 Å². The molecular formula is C11H8Cl2N2O3. The zero-order chi connectivity index (χ0) is 13.3. The second-order valence-electron chi connectivity index (χ2n) is 3.48. The lowest BCUT2D eigenvalue weighted by Gasteiger charge is -2.04. The Labute approximate surface area is 112 Å². The quantitative estimate of drug-likeness (QED) is 0.861. The fraction of sp³-hybridized carbons (Fsp3) is 0.182. The topological polar surface area (TPSA) is 72.0 Å². The maximum absolute atomic E-state index is 11.6. The smallest absolute Gasteiger partial charge is 0.312 e. The Hall–Kier alpha value is -1.59. The summed E-state index contributed by atoms with van der Waals surface area (Å²) in [4.78, 5) is 29.2. The Morgan fingerprint density at radius 1 is 1.39 bits per heavy atom. The number of aromatic nitrogens is 2. The SMILES string of the molecule is CCC(=O)Oc1nc2cc(Cl)c(Cl)cc2[nH]c1=O. The molecule has 1 aromatic heterocycles. The van der Waals surface area contributed by atoms with E-state index in [2.05, 4.69) is 9.97 Å². The van der Waals surface area contributed by atoms with Crippen LogP contribution in [0.2, 0.25) is 10.0 Å². The molecule has 7 heteroatoms. The van der Waals surface area contributed by atoms with E-state index in [9.17, 15) is 9.59 Å². The third-order valence-electron chi connectivity index (χ3n) is 2.20. The number of benzene rings is 1. The minimum Gasteiger partial charge on any atom is -0.402 e. The van der Waals surface area contributed by atoms with Gasteiger partial charge < -0.3 is 9.72 Å². The molecule has 0 atom stereocenters. The van der Waals surface area contributed by atoms with Crippen molar-refractivity contribution in [2.24, 2.45) is 0 Å². The highest BCUT2D eigenvalue weighted by Crippen LogP contribution is 2.25. The summed E-state index contributed by atoms with van der Waals surface area (Å²) in [5, 5.41) is 0.608. The van der Waals surface area contributed by atoms with Crippen molar-refractivity contribution < 1.29 is 9.53 Å². The molecule has 5 nitrogen and oxygen atoms in total. The molecule has 1 N–H and O–H groups in total. The van der Waals surface area contributed by atoms with Crippen LogP contribution in [0.15, 0.2) is 16.9 Å². The lowest BCUT2D eigenvalue weighted by atomic mass is 10.3. The third-order valence-corrected chi connectivity index (χ3v) is 2.92. The molecule has 1 aromatic carbocycles. The summed E-state index contributed by atoms with van der Waals surface area (Å²) in [6.07, 6.45) is 0.153. The van der Waals surface area contributed by atoms with Crippen LogP contribution in [0.1, 0.15) is 13.3 Å². The molecule has 0 spiro atoms. The minimum absolute atomic E-state index is 0.153. The van der Waals surface area contributed by atoms with Crippen LogP contribution < -0.4 is 10.3 Å². The van der Waals surface area contributed by atoms with Gasteiger partial charge in [-0.2, -0.15) is 0 Å². The predicted octanol–water partition coefficient (Wildman–Crippen LogP) is 2.55. The van der Waals surface area contributed by atoms with Gasteiger partial charge in [-0.15, -0.1) is 0 Å². The number of esters is 1. The second-order valence-corrected chi connectivity index (χ2v) is 4.30. The van der Waals surface area contributed by atoms with E-state index >= 15 is 0 Å². The van der Waals surface area contributed by atoms with E-state index in [4.69, 9.17) is 27.9 Å². The summed E-state index contributed by atoms with van der Waals surface area (Å²) in [5.41, 5.74) is 0.219. The first-order valence-electron chi connectivity index (χ1n) is 5.11. The molecule has 0 saturated heterocycles. The first kappa shape index (κ1) is 12.9. The zero-order valence-electron chi connectivity index (χ0n) is 9.29. The van der Waals surface area contributed by atoms with Crippen molar-refractivity contribution in [2.75, 3.05) is 0 Å². The first-order valence-corrected chi connectivity index (χ1v) is 5.86. The average Bonchev–Trinajstić information content (AvgIpc) is 2.32. The largest absolute Gasteiger partial charge is 0.402 e. The van der Waals surface area contributed by atoms with Crippen molar-refractivity contribution >= 4 is 40.2 Å². The molecule has 0 aliphatic rings. The lowest BCUT2D eigenvalue weighted by Crippen LogP contribution is -2.17. The Morgan fingerprint density at radius 2 is 2.06 bits per heavy atom. The minimum atomic E-state index is -0.595. The van der Waals surface area contributed by atoms with E-state index in [0.717, 1.165) is 0 Å². The number of fused-ring (bicyclic) bond motifs is 1. The molecule has 0 radical (unpaired) electrons. The number of ether oxygens (including phenoxy) is 1. The van der Waals surface area contributed by atoms with Crippen LogP contribution in [-0.2, 0) is 4.79 Å². The van der Waals surface area contributed by atoms with Crippen LogP contribution in [0.4, 0.5) is 0 Å². The molecule has 0 bridgehead atoms. The van der Waals surface area contributed by atoms with Crippen LogP contribution in [0.5, 0.6) is 5.88 Å². The van der Waals surface area contributed by atoms with Gasteiger partial charge in [-0.25, -0.2) is 4.98 Å². The molecule has 0 saturated carbocycles.